The summed E-state index contributed by atoms with van der Waals surface area (Å²) in [6.45, 7) is 7.44. The number of aliphatic hydroxyl groups excluding tert-OH is 1. The van der Waals surface area contributed by atoms with Gasteiger partial charge in [-0.1, -0.05) is 67.9 Å². The topological polar surface area (TPSA) is 85.3 Å². The molecule has 1 heterocycles. The molecule has 4 rings (SSSR count). The number of benzene rings is 3. The number of hydrogen-bond acceptors (Lipinski definition) is 6. The van der Waals surface area contributed by atoms with Gasteiger partial charge in [-0.2, -0.15) is 0 Å². The second-order valence-corrected chi connectivity index (χ2v) is 10.1. The van der Waals surface area contributed by atoms with Gasteiger partial charge in [0, 0.05) is 19.2 Å². The van der Waals surface area contributed by atoms with E-state index in [-0.39, 0.29) is 24.5 Å². The van der Waals surface area contributed by atoms with E-state index in [2.05, 4.69) is 0 Å². The summed E-state index contributed by atoms with van der Waals surface area (Å²) in [4.78, 5) is 27.9. The third-order valence-corrected chi connectivity index (χ3v) is 6.47. The third-order valence-electron chi connectivity index (χ3n) is 6.47. The average molecular weight is 530 g/mol. The average Bonchev–Trinajstić information content (AvgIpc) is 3.19. The molecule has 0 aliphatic carbocycles. The Morgan fingerprint density at radius 3 is 2.33 bits per heavy atom. The van der Waals surface area contributed by atoms with Crippen LogP contribution in [0.3, 0.4) is 0 Å². The number of likely N-dealkylation sites (tertiary alicyclic amines) is 1. The monoisotopic (exact) mass is 529 g/mol. The van der Waals surface area contributed by atoms with Crippen molar-refractivity contribution in [3.63, 3.8) is 0 Å². The lowest BCUT2D eigenvalue weighted by Crippen LogP contribution is -2.32. The number of ketones is 1. The van der Waals surface area contributed by atoms with Gasteiger partial charge < -0.3 is 24.2 Å². The summed E-state index contributed by atoms with van der Waals surface area (Å²) < 4.78 is 17.1. The molecule has 204 valence electrons. The van der Waals surface area contributed by atoms with Crippen molar-refractivity contribution in [2.24, 2.45) is 5.92 Å². The Morgan fingerprint density at radius 2 is 1.64 bits per heavy atom. The lowest BCUT2D eigenvalue weighted by atomic mass is 9.95. The fourth-order valence-corrected chi connectivity index (χ4v) is 4.42. The zero-order valence-corrected chi connectivity index (χ0v) is 22.8. The van der Waals surface area contributed by atoms with Crippen LogP contribution in [0.1, 0.15) is 42.1 Å². The first-order chi connectivity index (χ1) is 18.8. The molecule has 3 aromatic carbocycles. The highest BCUT2D eigenvalue weighted by Gasteiger charge is 2.46. The maximum absolute atomic E-state index is 13.3. The van der Waals surface area contributed by atoms with Gasteiger partial charge in [-0.05, 0) is 48.2 Å². The van der Waals surface area contributed by atoms with Gasteiger partial charge in [0.05, 0.1) is 24.8 Å². The Hall–Kier alpha value is -4.10. The zero-order chi connectivity index (χ0) is 27.9. The number of aryl methyl sites for hydroxylation is 1. The largest absolute Gasteiger partial charge is 0.507 e. The molecule has 39 heavy (non-hydrogen) atoms. The molecule has 3 aromatic rings. The number of aliphatic hydroxyl groups is 1. The van der Waals surface area contributed by atoms with Crippen LogP contribution in [-0.4, -0.2) is 48.6 Å². The van der Waals surface area contributed by atoms with Crippen molar-refractivity contribution in [1.82, 2.24) is 4.90 Å². The Bertz CT molecular complexity index is 1340. The zero-order valence-electron chi connectivity index (χ0n) is 22.8. The van der Waals surface area contributed by atoms with Crippen LogP contribution in [0, 0.1) is 12.8 Å². The predicted molar refractivity (Wildman–Crippen MR) is 150 cm³/mol. The minimum Gasteiger partial charge on any atom is -0.507 e. The lowest BCUT2D eigenvalue weighted by molar-refractivity contribution is -0.140. The molecule has 7 heteroatoms. The van der Waals surface area contributed by atoms with Crippen LogP contribution in [0.4, 0.5) is 0 Å². The number of rotatable bonds is 11. The van der Waals surface area contributed by atoms with Gasteiger partial charge in [0.2, 0.25) is 0 Å². The normalized spacial score (nSPS) is 16.6. The Morgan fingerprint density at radius 1 is 0.949 bits per heavy atom. The Labute approximate surface area is 229 Å². The third kappa shape index (κ3) is 6.67. The first-order valence-electron chi connectivity index (χ1n) is 13.1. The van der Waals surface area contributed by atoms with Crippen LogP contribution in [0.25, 0.3) is 5.76 Å². The highest BCUT2D eigenvalue weighted by Crippen LogP contribution is 2.40. The number of ether oxygens (including phenoxy) is 3. The van der Waals surface area contributed by atoms with E-state index in [0.717, 1.165) is 5.56 Å². The van der Waals surface area contributed by atoms with E-state index < -0.39 is 17.7 Å². The van der Waals surface area contributed by atoms with Crippen molar-refractivity contribution < 1.29 is 28.9 Å². The number of Topliss-reactive ketones (excluding diaryl/α,β-unsaturated/α-hetero) is 1. The van der Waals surface area contributed by atoms with Crippen LogP contribution < -0.4 is 9.47 Å². The number of carbonyl (C=O) groups is 2. The van der Waals surface area contributed by atoms with E-state index in [0.29, 0.717) is 41.8 Å². The second-order valence-electron chi connectivity index (χ2n) is 10.1. The van der Waals surface area contributed by atoms with Crippen LogP contribution in [0.5, 0.6) is 11.5 Å². The van der Waals surface area contributed by atoms with Crippen LogP contribution >= 0.6 is 0 Å². The number of carbonyl (C=O) groups excluding carboxylic acids is 2. The van der Waals surface area contributed by atoms with Gasteiger partial charge >= 0.3 is 0 Å². The molecule has 1 atom stereocenters. The number of nitrogens with zero attached hydrogens (tertiary/aromatic N) is 1. The first-order valence-corrected chi connectivity index (χ1v) is 13.1. The van der Waals surface area contributed by atoms with E-state index in [9.17, 15) is 14.7 Å². The second kappa shape index (κ2) is 12.6. The minimum atomic E-state index is -0.802. The van der Waals surface area contributed by atoms with Gasteiger partial charge in [0.1, 0.15) is 23.9 Å². The summed E-state index contributed by atoms with van der Waals surface area (Å²) in [5, 5.41) is 11.4. The van der Waals surface area contributed by atoms with Gasteiger partial charge in [0.15, 0.2) is 0 Å². The van der Waals surface area contributed by atoms with Gasteiger partial charge in [-0.3, -0.25) is 9.59 Å². The van der Waals surface area contributed by atoms with E-state index in [1.807, 2.05) is 63.2 Å². The molecule has 7 nitrogen and oxygen atoms in total. The molecule has 1 aliphatic rings. The molecule has 1 fully saturated rings. The molecule has 0 aromatic heterocycles. The van der Waals surface area contributed by atoms with E-state index >= 15 is 0 Å². The van der Waals surface area contributed by atoms with Gasteiger partial charge in [0.25, 0.3) is 11.7 Å². The highest BCUT2D eigenvalue weighted by atomic mass is 16.5. The van der Waals surface area contributed by atoms with Crippen molar-refractivity contribution in [2.75, 3.05) is 26.9 Å². The predicted octanol–water partition coefficient (Wildman–Crippen LogP) is 5.68. The van der Waals surface area contributed by atoms with E-state index in [4.69, 9.17) is 14.2 Å². The highest BCUT2D eigenvalue weighted by molar-refractivity contribution is 6.46. The molecule has 1 aliphatic heterocycles. The molecule has 0 saturated carbocycles. The molecule has 1 unspecified atom stereocenters. The Balaban J connectivity index is 1.70. The van der Waals surface area contributed by atoms with Crippen molar-refractivity contribution >= 4 is 17.4 Å². The summed E-state index contributed by atoms with van der Waals surface area (Å²) >= 11 is 0. The smallest absolute Gasteiger partial charge is 0.295 e. The standard InChI is InChI=1S/C32H35NO6/c1-21(2)19-38-27-10-6-8-25(18-27)30(34)28-29(33(15-16-37-4)32(36)31(28)35)24-7-5-9-26(17-24)39-20-23-13-11-22(3)12-14-23/h5-14,17-18,21,29,34H,15-16,19-20H2,1-4H3/b30-28-. The summed E-state index contributed by atoms with van der Waals surface area (Å²) in [5.74, 6) is -0.183. The van der Waals surface area contributed by atoms with Gasteiger partial charge in [-0.25, -0.2) is 0 Å². The summed E-state index contributed by atoms with van der Waals surface area (Å²) in [5.41, 5.74) is 3.27. The lowest BCUT2D eigenvalue weighted by Gasteiger charge is -2.25. The number of hydrogen-bond donors (Lipinski definition) is 1. The number of methoxy groups -OCH3 is 1. The molecule has 0 radical (unpaired) electrons. The maximum atomic E-state index is 13.3. The molecule has 1 N–H and O–H groups in total. The minimum absolute atomic E-state index is 0.0211. The molecule has 1 amide bonds. The van der Waals surface area contributed by atoms with Crippen molar-refractivity contribution in [2.45, 2.75) is 33.4 Å². The van der Waals surface area contributed by atoms with E-state index in [1.54, 1.807) is 30.3 Å². The molecule has 1 saturated heterocycles. The summed E-state index contributed by atoms with van der Waals surface area (Å²) in [7, 11) is 1.54. The maximum Gasteiger partial charge on any atom is 0.295 e. The molecular weight excluding hydrogens is 494 g/mol. The van der Waals surface area contributed by atoms with Crippen LogP contribution in [0.15, 0.2) is 78.4 Å². The molecule has 0 bridgehead atoms. The quantitative estimate of drug-likeness (QED) is 0.196. The summed E-state index contributed by atoms with van der Waals surface area (Å²) in [6, 6.07) is 21.5. The molecule has 0 spiro atoms. The fraction of sp³-hybridized carbons (Fsp3) is 0.312. The SMILES string of the molecule is COCCN1C(=O)C(=O)/C(=C(\O)c2cccc(OCC(C)C)c2)C1c1cccc(OCc2ccc(C)cc2)c1. The van der Waals surface area contributed by atoms with Gasteiger partial charge in [-0.15, -0.1) is 0 Å². The molecular formula is C32H35NO6. The number of amides is 1. The van der Waals surface area contributed by atoms with Crippen molar-refractivity contribution in [3.8, 4) is 11.5 Å². The van der Waals surface area contributed by atoms with Crippen molar-refractivity contribution in [1.29, 1.82) is 0 Å². The Kier molecular flexibility index (Phi) is 9.04. The van der Waals surface area contributed by atoms with E-state index in [1.165, 1.54) is 17.6 Å². The fourth-order valence-electron chi connectivity index (χ4n) is 4.42. The van der Waals surface area contributed by atoms with Crippen LogP contribution in [-0.2, 0) is 20.9 Å². The first kappa shape index (κ1) is 27.9. The van der Waals surface area contributed by atoms with Crippen LogP contribution in [0.2, 0.25) is 0 Å². The van der Waals surface area contributed by atoms with Crippen molar-refractivity contribution in [3.05, 3.63) is 101 Å². The summed E-state index contributed by atoms with van der Waals surface area (Å²) in [6.07, 6.45) is 0.